The van der Waals surface area contributed by atoms with E-state index in [1.807, 2.05) is 6.26 Å². The van der Waals surface area contributed by atoms with Crippen molar-refractivity contribution >= 4 is 40.4 Å². The quantitative estimate of drug-likeness (QED) is 0.517. The van der Waals surface area contributed by atoms with Crippen LogP contribution in [0.2, 0.25) is 0 Å². The summed E-state index contributed by atoms with van der Waals surface area (Å²) in [4.78, 5) is 32.1. The summed E-state index contributed by atoms with van der Waals surface area (Å²) >= 11 is 1.46. The normalized spacial score (nSPS) is 16.1. The van der Waals surface area contributed by atoms with Gasteiger partial charge in [-0.05, 0) is 18.8 Å². The van der Waals surface area contributed by atoms with Gasteiger partial charge in [-0.25, -0.2) is 14.6 Å². The fourth-order valence-electron chi connectivity index (χ4n) is 2.46. The lowest BCUT2D eigenvalue weighted by Gasteiger charge is -2.11. The van der Waals surface area contributed by atoms with Gasteiger partial charge in [0.2, 0.25) is 0 Å². The number of anilines is 1. The summed E-state index contributed by atoms with van der Waals surface area (Å²) in [5.41, 5.74) is 0.713. The minimum absolute atomic E-state index is 0.316. The number of hydrogen-bond donors (Lipinski definition) is 2. The number of fused-ring (bicyclic) bond motifs is 1. The van der Waals surface area contributed by atoms with Gasteiger partial charge in [0.1, 0.15) is 5.82 Å². The lowest BCUT2D eigenvalue weighted by Crippen LogP contribution is -2.35. The van der Waals surface area contributed by atoms with E-state index in [2.05, 4.69) is 42.9 Å². The van der Waals surface area contributed by atoms with E-state index >= 15 is 0 Å². The summed E-state index contributed by atoms with van der Waals surface area (Å²) in [5, 5.41) is 19.0. The second kappa shape index (κ2) is 8.71. The molecule has 0 saturated heterocycles. The highest BCUT2D eigenvalue weighted by atomic mass is 32.2. The van der Waals surface area contributed by atoms with E-state index in [1.54, 1.807) is 10.9 Å². The lowest BCUT2D eigenvalue weighted by molar-refractivity contribution is -0.121. The molecule has 0 saturated carbocycles. The molecule has 27 heavy (non-hydrogen) atoms. The number of hydrogen-bond acceptors (Lipinski definition) is 8. The van der Waals surface area contributed by atoms with Gasteiger partial charge in [-0.3, -0.25) is 9.59 Å². The maximum atomic E-state index is 12.1. The van der Waals surface area contributed by atoms with Crippen LogP contribution in [0.4, 0.5) is 5.82 Å². The van der Waals surface area contributed by atoms with Gasteiger partial charge in [-0.15, -0.1) is 5.11 Å². The van der Waals surface area contributed by atoms with Gasteiger partial charge < -0.3 is 10.6 Å². The number of rotatable bonds is 8. The number of azo groups is 1. The van der Waals surface area contributed by atoms with Crippen LogP contribution in [-0.4, -0.2) is 56.9 Å². The summed E-state index contributed by atoms with van der Waals surface area (Å²) in [7, 11) is 0. The third kappa shape index (κ3) is 4.48. The number of nitrogens with zero attached hydrogens (tertiary/aromatic N) is 6. The van der Waals surface area contributed by atoms with E-state index in [0.717, 1.165) is 24.2 Å². The van der Waals surface area contributed by atoms with Crippen LogP contribution < -0.4 is 10.6 Å². The number of thioether (sulfide) groups is 1. The molecular weight excluding hydrogens is 368 g/mol. The molecule has 0 aliphatic carbocycles. The topological polar surface area (TPSA) is 127 Å². The Morgan fingerprint density at radius 3 is 2.89 bits per heavy atom. The highest BCUT2D eigenvalue weighted by molar-refractivity contribution is 7.98. The van der Waals surface area contributed by atoms with Crippen molar-refractivity contribution in [2.75, 3.05) is 24.7 Å². The van der Waals surface area contributed by atoms with E-state index in [1.165, 1.54) is 23.9 Å². The van der Waals surface area contributed by atoms with Crippen molar-refractivity contribution in [3.8, 4) is 0 Å². The van der Waals surface area contributed by atoms with Crippen LogP contribution in [0.15, 0.2) is 33.7 Å². The van der Waals surface area contributed by atoms with Crippen molar-refractivity contribution in [1.29, 1.82) is 0 Å². The molecule has 1 aliphatic heterocycles. The molecule has 11 heteroatoms. The van der Waals surface area contributed by atoms with Crippen LogP contribution in [0.1, 0.15) is 13.3 Å². The Morgan fingerprint density at radius 2 is 2.19 bits per heavy atom. The van der Waals surface area contributed by atoms with E-state index in [-0.39, 0.29) is 5.91 Å². The Morgan fingerprint density at radius 1 is 1.33 bits per heavy atom. The predicted molar refractivity (Wildman–Crippen MR) is 102 cm³/mol. The highest BCUT2D eigenvalue weighted by Crippen LogP contribution is 2.23. The molecule has 0 bridgehead atoms. The van der Waals surface area contributed by atoms with Crippen LogP contribution in [0, 0.1) is 0 Å². The first-order valence-electron chi connectivity index (χ1n) is 8.54. The summed E-state index contributed by atoms with van der Waals surface area (Å²) in [6, 6.07) is -0.771. The molecule has 10 nitrogen and oxygen atoms in total. The minimum Gasteiger partial charge on any atom is -0.369 e. The Balaban J connectivity index is 1.68. The monoisotopic (exact) mass is 388 g/mol. The predicted octanol–water partition coefficient (Wildman–Crippen LogP) is 1.40. The third-order valence-electron chi connectivity index (χ3n) is 3.79. The van der Waals surface area contributed by atoms with Gasteiger partial charge in [0, 0.05) is 19.2 Å². The average molecular weight is 388 g/mol. The first kappa shape index (κ1) is 19.0. The number of carbonyl (C=O) groups is 2. The fraction of sp³-hybridized carbons (Fsp3) is 0.438. The molecule has 1 unspecified atom stereocenters. The molecule has 2 aromatic rings. The Labute approximate surface area is 159 Å². The molecule has 0 radical (unpaired) electrons. The van der Waals surface area contributed by atoms with E-state index < -0.39 is 11.9 Å². The van der Waals surface area contributed by atoms with E-state index in [0.29, 0.717) is 23.9 Å². The van der Waals surface area contributed by atoms with Gasteiger partial charge in [-0.1, -0.05) is 18.7 Å². The molecule has 3 heterocycles. The van der Waals surface area contributed by atoms with Crippen LogP contribution in [0.25, 0.3) is 11.0 Å². The van der Waals surface area contributed by atoms with Crippen molar-refractivity contribution in [3.05, 3.63) is 18.3 Å². The standard InChI is InChI=1S/C16H20N8O2S/c1-3-6-17-13-10-9-19-24(14(10)21-16(20-13)27-2)8-7-18-15(26)11-4-5-12(25)23-22-11/h4-5,9,11H,3,6-8H2,1-2H3,(H,18,26)(H,17,20,21). The van der Waals surface area contributed by atoms with Crippen molar-refractivity contribution in [2.24, 2.45) is 10.2 Å². The zero-order valence-corrected chi connectivity index (χ0v) is 15.9. The number of aromatic nitrogens is 4. The van der Waals surface area contributed by atoms with Gasteiger partial charge in [-0.2, -0.15) is 10.2 Å². The van der Waals surface area contributed by atoms with Gasteiger partial charge in [0.05, 0.1) is 18.1 Å². The molecule has 1 aliphatic rings. The molecular formula is C16H20N8O2S. The van der Waals surface area contributed by atoms with Gasteiger partial charge in [0.25, 0.3) is 11.8 Å². The Bertz CT molecular complexity index is 891. The van der Waals surface area contributed by atoms with Crippen molar-refractivity contribution in [2.45, 2.75) is 31.1 Å². The minimum atomic E-state index is -0.771. The first-order valence-corrected chi connectivity index (χ1v) is 9.77. The highest BCUT2D eigenvalue weighted by Gasteiger charge is 2.18. The van der Waals surface area contributed by atoms with Crippen LogP contribution >= 0.6 is 11.8 Å². The summed E-state index contributed by atoms with van der Waals surface area (Å²) < 4.78 is 1.73. The van der Waals surface area contributed by atoms with Gasteiger partial charge in [0.15, 0.2) is 16.8 Å². The number of carbonyl (C=O) groups excluding carboxylic acids is 2. The molecule has 0 aromatic carbocycles. The first-order chi connectivity index (χ1) is 13.1. The zero-order chi connectivity index (χ0) is 19.2. The second-order valence-electron chi connectivity index (χ2n) is 5.74. The third-order valence-corrected chi connectivity index (χ3v) is 4.34. The number of amides is 2. The lowest BCUT2D eigenvalue weighted by atomic mass is 10.2. The zero-order valence-electron chi connectivity index (χ0n) is 15.0. The van der Waals surface area contributed by atoms with E-state index in [9.17, 15) is 9.59 Å². The molecule has 3 rings (SSSR count). The largest absolute Gasteiger partial charge is 0.369 e. The van der Waals surface area contributed by atoms with Crippen LogP contribution in [-0.2, 0) is 16.1 Å². The molecule has 0 spiro atoms. The molecule has 1 atom stereocenters. The maximum absolute atomic E-state index is 12.1. The fourth-order valence-corrected chi connectivity index (χ4v) is 2.82. The Kier molecular flexibility index (Phi) is 6.12. The molecule has 142 valence electrons. The molecule has 0 fully saturated rings. The smallest absolute Gasteiger partial charge is 0.287 e. The number of nitrogens with one attached hydrogen (secondary N) is 2. The van der Waals surface area contributed by atoms with Crippen molar-refractivity contribution < 1.29 is 9.59 Å². The molecule has 2 amide bonds. The van der Waals surface area contributed by atoms with Crippen molar-refractivity contribution in [1.82, 2.24) is 25.1 Å². The Hall–Kier alpha value is -2.82. The molecule has 2 aromatic heterocycles. The summed E-state index contributed by atoms with van der Waals surface area (Å²) in [5.74, 6) is -0.0126. The second-order valence-corrected chi connectivity index (χ2v) is 6.51. The van der Waals surface area contributed by atoms with Gasteiger partial charge >= 0.3 is 0 Å². The maximum Gasteiger partial charge on any atom is 0.287 e. The van der Waals surface area contributed by atoms with Crippen LogP contribution in [0.3, 0.4) is 0 Å². The summed E-state index contributed by atoms with van der Waals surface area (Å²) in [6.07, 6.45) is 7.30. The SMILES string of the molecule is CCCNc1nc(SC)nc2c1cnn2CCNC(=O)C1C=CC(=O)N=N1. The van der Waals surface area contributed by atoms with E-state index in [4.69, 9.17) is 0 Å². The average Bonchev–Trinajstić information content (AvgIpc) is 3.09. The van der Waals surface area contributed by atoms with Crippen LogP contribution in [0.5, 0.6) is 0 Å². The molecule has 2 N–H and O–H groups in total. The summed E-state index contributed by atoms with van der Waals surface area (Å²) in [6.45, 7) is 3.69. The van der Waals surface area contributed by atoms with Crippen molar-refractivity contribution in [3.63, 3.8) is 0 Å².